The van der Waals surface area contributed by atoms with Gasteiger partial charge >= 0.3 is 12.1 Å². The van der Waals surface area contributed by atoms with Gasteiger partial charge in [0.05, 0.1) is 23.8 Å². The van der Waals surface area contributed by atoms with Gasteiger partial charge in [0.25, 0.3) is 0 Å². The first-order chi connectivity index (χ1) is 27.3. The Morgan fingerprint density at radius 3 is 2.68 bits per heavy atom. The number of amides is 1. The third-order valence-corrected chi connectivity index (χ3v) is 11.9. The van der Waals surface area contributed by atoms with E-state index in [2.05, 4.69) is 15.3 Å². The molecule has 3 fully saturated rings. The van der Waals surface area contributed by atoms with Crippen molar-refractivity contribution in [3.63, 3.8) is 0 Å². The number of alkyl carbamates (subject to hydrolysis) is 1. The molecule has 2 aliphatic heterocycles. The van der Waals surface area contributed by atoms with Gasteiger partial charge < -0.3 is 24.4 Å². The lowest BCUT2D eigenvalue weighted by molar-refractivity contribution is -0.141. The van der Waals surface area contributed by atoms with Gasteiger partial charge in [-0.1, -0.05) is 60.1 Å². The second kappa shape index (κ2) is 14.8. The molecule has 4 atom stereocenters. The monoisotopic (exact) mass is 778 g/mol. The predicted octanol–water partition coefficient (Wildman–Crippen LogP) is 6.83. The van der Waals surface area contributed by atoms with Crippen LogP contribution in [-0.2, 0) is 37.6 Å². The SMILES string of the molecule is COC(=O)Cn1cc2c(Cl)c(-c3nn(C4CCCCO4)c4nc(N5CC[C@@H]6[C@H](C5)[C@@]6(CNC(=O)OCc5ccccc5)c5ccccc5F)cnc34)ccc2n1. The number of anilines is 1. The fraction of sp³-hybridized carbons (Fsp3) is 0.366. The van der Waals surface area contributed by atoms with Gasteiger partial charge in [-0.05, 0) is 66.8 Å². The highest BCUT2D eigenvalue weighted by molar-refractivity contribution is 6.38. The highest BCUT2D eigenvalue weighted by Crippen LogP contribution is 2.63. The molecular weight excluding hydrogens is 739 g/mol. The second-order valence-corrected chi connectivity index (χ2v) is 15.0. The summed E-state index contributed by atoms with van der Waals surface area (Å²) in [6.45, 7) is 2.24. The van der Waals surface area contributed by atoms with E-state index < -0.39 is 17.5 Å². The second-order valence-electron chi connectivity index (χ2n) is 14.7. The number of carbonyl (C=O) groups is 2. The highest BCUT2D eigenvalue weighted by Gasteiger charge is 2.67. The lowest BCUT2D eigenvalue weighted by Gasteiger charge is -2.27. The number of halogens is 2. The average molecular weight is 779 g/mol. The maximum Gasteiger partial charge on any atom is 0.407 e. The third-order valence-electron chi connectivity index (χ3n) is 11.5. The molecule has 1 unspecified atom stereocenters. The summed E-state index contributed by atoms with van der Waals surface area (Å²) < 4.78 is 35.4. The Morgan fingerprint density at radius 2 is 1.88 bits per heavy atom. The number of hydrogen-bond acceptors (Lipinski definition) is 10. The zero-order valence-corrected chi connectivity index (χ0v) is 31.5. The normalized spacial score (nSPS) is 21.8. The number of benzene rings is 3. The summed E-state index contributed by atoms with van der Waals surface area (Å²) >= 11 is 7.04. The number of aromatic nitrogens is 6. The molecule has 56 heavy (non-hydrogen) atoms. The van der Waals surface area contributed by atoms with E-state index in [1.54, 1.807) is 18.5 Å². The molecular formula is C41H40ClFN8O5. The van der Waals surface area contributed by atoms with Crippen LogP contribution in [0.5, 0.6) is 0 Å². The number of carbonyl (C=O) groups excluding carboxylic acids is 2. The van der Waals surface area contributed by atoms with Crippen molar-refractivity contribution in [3.8, 4) is 11.3 Å². The molecule has 3 aromatic carbocycles. The molecule has 1 N–H and O–H groups in total. The molecule has 1 amide bonds. The quantitative estimate of drug-likeness (QED) is 0.147. The van der Waals surface area contributed by atoms with Crippen molar-refractivity contribution in [2.24, 2.45) is 11.8 Å². The summed E-state index contributed by atoms with van der Waals surface area (Å²) in [6, 6.07) is 20.0. The van der Waals surface area contributed by atoms with E-state index in [0.717, 1.165) is 31.2 Å². The first kappa shape index (κ1) is 36.1. The van der Waals surface area contributed by atoms with Crippen LogP contribution in [-0.4, -0.2) is 74.9 Å². The Morgan fingerprint density at radius 1 is 1.04 bits per heavy atom. The standard InChI is InChI=1S/C41H40ClFN8O5/c1-54-35(52)22-50-20-27-32(47-50)15-14-26(36(27)42)37-38-39(51(48-37)34-13-7-8-18-55-34)46-33(19-44-38)49-17-16-28-30(21-49)41(28,29-11-5-6-12-31(29)43)24-45-40(53)56-23-25-9-3-2-4-10-25/h2-6,9-12,14-15,19-20,28,30,34H,7-8,13,16-18,21-24H2,1H3,(H,45,53)/t28-,30+,34?,41-/m1/s1. The van der Waals surface area contributed by atoms with Crippen LogP contribution in [0.25, 0.3) is 33.3 Å². The van der Waals surface area contributed by atoms with Crippen LogP contribution in [0.1, 0.15) is 43.0 Å². The number of hydrogen-bond donors (Lipinski definition) is 1. The number of esters is 1. The van der Waals surface area contributed by atoms with E-state index in [1.165, 1.54) is 17.9 Å². The third kappa shape index (κ3) is 6.49. The Labute approximate surface area is 326 Å². The fourth-order valence-corrected chi connectivity index (χ4v) is 8.99. The summed E-state index contributed by atoms with van der Waals surface area (Å²) in [5.41, 5.74) is 3.88. The maximum absolute atomic E-state index is 15.6. The Bertz CT molecular complexity index is 2440. The molecule has 13 nitrogen and oxygen atoms in total. The van der Waals surface area contributed by atoms with Crippen molar-refractivity contribution in [1.29, 1.82) is 0 Å². The van der Waals surface area contributed by atoms with Crippen molar-refractivity contribution < 1.29 is 28.2 Å². The molecule has 5 heterocycles. The topological polar surface area (TPSA) is 139 Å². The summed E-state index contributed by atoms with van der Waals surface area (Å²) in [4.78, 5) is 37.2. The lowest BCUT2D eigenvalue weighted by atomic mass is 9.90. The van der Waals surface area contributed by atoms with Gasteiger partial charge in [0, 0.05) is 48.8 Å². The van der Waals surface area contributed by atoms with Gasteiger partial charge in [-0.3, -0.25) is 9.48 Å². The summed E-state index contributed by atoms with van der Waals surface area (Å²) in [6.07, 6.45) is 6.11. The molecule has 3 aliphatic rings. The summed E-state index contributed by atoms with van der Waals surface area (Å²) in [7, 11) is 1.33. The van der Waals surface area contributed by atoms with E-state index >= 15 is 4.39 Å². The highest BCUT2D eigenvalue weighted by atomic mass is 35.5. The molecule has 6 aromatic rings. The zero-order valence-electron chi connectivity index (χ0n) is 30.7. The van der Waals surface area contributed by atoms with Gasteiger partial charge in [-0.15, -0.1) is 0 Å². The van der Waals surface area contributed by atoms with Crippen molar-refractivity contribution in [3.05, 3.63) is 101 Å². The number of fused-ring (bicyclic) bond motifs is 3. The fourth-order valence-electron chi connectivity index (χ4n) is 8.69. The van der Waals surface area contributed by atoms with Crippen LogP contribution in [0.4, 0.5) is 15.0 Å². The molecule has 15 heteroatoms. The summed E-state index contributed by atoms with van der Waals surface area (Å²) in [5.74, 6) is 0.175. The molecule has 0 bridgehead atoms. The van der Waals surface area contributed by atoms with Crippen molar-refractivity contribution in [1.82, 2.24) is 34.8 Å². The molecule has 3 aromatic heterocycles. The van der Waals surface area contributed by atoms with Crippen molar-refractivity contribution in [2.75, 3.05) is 38.3 Å². The van der Waals surface area contributed by atoms with Crippen molar-refractivity contribution >= 4 is 51.5 Å². The van der Waals surface area contributed by atoms with Crippen LogP contribution >= 0.6 is 11.6 Å². The number of nitrogens with one attached hydrogen (secondary N) is 1. The van der Waals surface area contributed by atoms with Crippen LogP contribution < -0.4 is 10.2 Å². The maximum atomic E-state index is 15.6. The molecule has 9 rings (SSSR count). The van der Waals surface area contributed by atoms with Gasteiger partial charge in [-0.25, -0.2) is 23.8 Å². The van der Waals surface area contributed by atoms with E-state index in [0.29, 0.717) is 69.4 Å². The van der Waals surface area contributed by atoms with Gasteiger partial charge in [-0.2, -0.15) is 10.2 Å². The lowest BCUT2D eigenvalue weighted by Crippen LogP contribution is -2.36. The number of methoxy groups -OCH3 is 1. The number of piperidine rings is 1. The molecule has 2 saturated heterocycles. The smallest absolute Gasteiger partial charge is 0.407 e. The first-order valence-electron chi connectivity index (χ1n) is 18.9. The minimum atomic E-state index is -0.603. The zero-order chi connectivity index (χ0) is 38.4. The Kier molecular flexibility index (Phi) is 9.54. The van der Waals surface area contributed by atoms with Crippen LogP contribution in [0.15, 0.2) is 79.1 Å². The Hall–Kier alpha value is -5.60. The van der Waals surface area contributed by atoms with Gasteiger partial charge in [0.15, 0.2) is 11.9 Å². The van der Waals surface area contributed by atoms with Crippen LogP contribution in [0, 0.1) is 17.7 Å². The van der Waals surface area contributed by atoms with Crippen molar-refractivity contribution in [2.45, 2.75) is 50.5 Å². The van der Waals surface area contributed by atoms with Gasteiger partial charge in [0.2, 0.25) is 0 Å². The molecule has 0 radical (unpaired) electrons. The molecule has 1 aliphatic carbocycles. The van der Waals surface area contributed by atoms with E-state index in [9.17, 15) is 9.59 Å². The van der Waals surface area contributed by atoms with Crippen LogP contribution in [0.3, 0.4) is 0 Å². The van der Waals surface area contributed by atoms with Crippen LogP contribution in [0.2, 0.25) is 5.02 Å². The number of rotatable bonds is 10. The van der Waals surface area contributed by atoms with Gasteiger partial charge in [0.1, 0.15) is 36.0 Å². The average Bonchev–Trinajstić information content (AvgIpc) is 3.46. The molecule has 288 valence electrons. The largest absolute Gasteiger partial charge is 0.468 e. The molecule has 0 spiro atoms. The minimum absolute atomic E-state index is 0.0427. The number of nitrogens with zero attached hydrogens (tertiary/aromatic N) is 7. The van der Waals surface area contributed by atoms with E-state index in [-0.39, 0.29) is 43.6 Å². The first-order valence-corrected chi connectivity index (χ1v) is 19.3. The van der Waals surface area contributed by atoms with E-state index in [1.807, 2.05) is 59.3 Å². The molecule has 1 saturated carbocycles. The minimum Gasteiger partial charge on any atom is -0.468 e. The Balaban J connectivity index is 1.01. The summed E-state index contributed by atoms with van der Waals surface area (Å²) in [5, 5.41) is 13.6. The number of ether oxygens (including phenoxy) is 3. The van der Waals surface area contributed by atoms with E-state index in [4.69, 9.17) is 40.9 Å². The predicted molar refractivity (Wildman–Crippen MR) is 206 cm³/mol.